The Morgan fingerprint density at radius 1 is 1.15 bits per heavy atom. The van der Waals surface area contributed by atoms with E-state index in [9.17, 15) is 19.8 Å². The number of hydrogen-bond acceptors (Lipinski definition) is 6. The third kappa shape index (κ3) is 3.23. The van der Waals surface area contributed by atoms with Crippen LogP contribution in [0.15, 0.2) is 33.9 Å². The summed E-state index contributed by atoms with van der Waals surface area (Å²) in [5, 5.41) is 19.4. The minimum Gasteiger partial charge on any atom is -0.396 e. The number of nitrogens with zero attached hydrogens (tertiary/aromatic N) is 3. The Morgan fingerprint density at radius 3 is 2.50 bits per heavy atom. The van der Waals surface area contributed by atoms with Crippen LogP contribution in [0, 0.1) is 6.92 Å². The molecular weight excluding hydrogens is 354 g/mol. The molecule has 0 saturated carbocycles. The molecular formula is C18H21N3O4S. The fourth-order valence-corrected chi connectivity index (χ4v) is 3.92. The summed E-state index contributed by atoms with van der Waals surface area (Å²) in [5.74, 6) is -0.0772. The van der Waals surface area contributed by atoms with E-state index in [0.29, 0.717) is 24.2 Å². The van der Waals surface area contributed by atoms with E-state index in [0.717, 1.165) is 20.3 Å². The zero-order valence-corrected chi connectivity index (χ0v) is 15.5. The predicted molar refractivity (Wildman–Crippen MR) is 101 cm³/mol. The summed E-state index contributed by atoms with van der Waals surface area (Å²) in [4.78, 5) is 24.9. The van der Waals surface area contributed by atoms with Gasteiger partial charge in [0.1, 0.15) is 0 Å². The van der Waals surface area contributed by atoms with Crippen molar-refractivity contribution in [2.24, 2.45) is 7.05 Å². The van der Waals surface area contributed by atoms with Gasteiger partial charge in [0.15, 0.2) is 0 Å². The van der Waals surface area contributed by atoms with E-state index >= 15 is 0 Å². The molecule has 0 bridgehead atoms. The van der Waals surface area contributed by atoms with E-state index in [1.807, 2.05) is 6.07 Å². The van der Waals surface area contributed by atoms with Crippen molar-refractivity contribution in [3.05, 3.63) is 56.5 Å². The van der Waals surface area contributed by atoms with Crippen molar-refractivity contribution in [3.63, 3.8) is 0 Å². The summed E-state index contributed by atoms with van der Waals surface area (Å²) < 4.78 is 7.99. The minimum absolute atomic E-state index is 0.00133. The van der Waals surface area contributed by atoms with Crippen LogP contribution in [0.4, 0.5) is 0 Å². The maximum Gasteiger partial charge on any atom is 0.335 e. The summed E-state index contributed by atoms with van der Waals surface area (Å²) in [6, 6.07) is 6.79. The van der Waals surface area contributed by atoms with Crippen molar-refractivity contribution in [2.75, 3.05) is 13.2 Å². The molecule has 0 amide bonds. The molecule has 2 aromatic heterocycles. The number of aryl methyl sites for hydroxylation is 1. The summed E-state index contributed by atoms with van der Waals surface area (Å²) in [5.41, 5.74) is 1.09. The quantitative estimate of drug-likeness (QED) is 0.677. The smallest absolute Gasteiger partial charge is 0.335 e. The molecule has 8 heteroatoms. The number of aliphatic hydroxyl groups is 2. The van der Waals surface area contributed by atoms with Crippen LogP contribution in [-0.2, 0) is 7.05 Å². The molecule has 0 aliphatic heterocycles. The van der Waals surface area contributed by atoms with Gasteiger partial charge in [-0.05, 0) is 49.5 Å². The molecule has 0 saturated heterocycles. The highest BCUT2D eigenvalue weighted by atomic mass is 32.1. The predicted octanol–water partition coefficient (Wildman–Crippen LogP) is 1.30. The van der Waals surface area contributed by atoms with Gasteiger partial charge in [-0.3, -0.25) is 4.79 Å². The average Bonchev–Trinajstić information content (AvgIpc) is 3.03. The molecule has 3 rings (SSSR count). The molecule has 0 spiro atoms. The fourth-order valence-electron chi connectivity index (χ4n) is 3.08. The topological polar surface area (TPSA) is 97.4 Å². The number of rotatable bonds is 6. The molecule has 138 valence electrons. The molecule has 0 unspecified atom stereocenters. The van der Waals surface area contributed by atoms with Crippen LogP contribution in [0.3, 0.4) is 0 Å². The molecule has 1 aromatic carbocycles. The third-order valence-electron chi connectivity index (χ3n) is 4.64. The van der Waals surface area contributed by atoms with Gasteiger partial charge in [-0.2, -0.15) is 4.37 Å². The second-order valence-corrected chi connectivity index (χ2v) is 7.08. The summed E-state index contributed by atoms with van der Waals surface area (Å²) >= 11 is 1.33. The number of aromatic nitrogens is 3. The van der Waals surface area contributed by atoms with E-state index in [4.69, 9.17) is 0 Å². The van der Waals surface area contributed by atoms with Gasteiger partial charge in [-0.1, -0.05) is 0 Å². The van der Waals surface area contributed by atoms with Crippen LogP contribution < -0.4 is 11.2 Å². The highest BCUT2D eigenvalue weighted by molar-refractivity contribution is 7.13. The number of benzene rings is 1. The third-order valence-corrected chi connectivity index (χ3v) is 5.48. The summed E-state index contributed by atoms with van der Waals surface area (Å²) in [6.07, 6.45) is 0.992. The van der Waals surface area contributed by atoms with Gasteiger partial charge in [-0.15, -0.1) is 0 Å². The molecule has 26 heavy (non-hydrogen) atoms. The highest BCUT2D eigenvalue weighted by Crippen LogP contribution is 2.32. The van der Waals surface area contributed by atoms with Crippen molar-refractivity contribution in [2.45, 2.75) is 25.7 Å². The second kappa shape index (κ2) is 7.53. The van der Waals surface area contributed by atoms with Crippen LogP contribution >= 0.6 is 11.5 Å². The van der Waals surface area contributed by atoms with Gasteiger partial charge in [0.05, 0.1) is 16.1 Å². The lowest BCUT2D eigenvalue weighted by molar-refractivity contribution is 0.241. The van der Waals surface area contributed by atoms with Crippen molar-refractivity contribution >= 4 is 21.6 Å². The Labute approximate surface area is 153 Å². The number of aliphatic hydroxyl groups excluding tert-OH is 2. The SMILES string of the molecule is Cc1cc(=O)n(-c2ccc3snc(C(CCO)CCO)c3c2)c(=O)n1C. The Balaban J connectivity index is 2.19. The Kier molecular flexibility index (Phi) is 5.36. The van der Waals surface area contributed by atoms with Gasteiger partial charge >= 0.3 is 5.69 Å². The van der Waals surface area contributed by atoms with E-state index in [1.54, 1.807) is 26.1 Å². The molecule has 0 aliphatic rings. The molecule has 7 nitrogen and oxygen atoms in total. The Hall–Kier alpha value is -2.29. The molecule has 3 aromatic rings. The van der Waals surface area contributed by atoms with Gasteiger partial charge in [0, 0.05) is 43.3 Å². The van der Waals surface area contributed by atoms with Gasteiger partial charge in [0.2, 0.25) is 0 Å². The molecule has 2 heterocycles. The number of fused-ring (bicyclic) bond motifs is 1. The number of hydrogen-bond donors (Lipinski definition) is 2. The molecule has 0 fully saturated rings. The molecule has 0 radical (unpaired) electrons. The first-order chi connectivity index (χ1) is 12.5. The highest BCUT2D eigenvalue weighted by Gasteiger charge is 2.18. The fraction of sp³-hybridized carbons (Fsp3) is 0.389. The van der Waals surface area contributed by atoms with E-state index in [1.165, 1.54) is 22.2 Å². The van der Waals surface area contributed by atoms with Crippen molar-refractivity contribution in [1.29, 1.82) is 0 Å². The van der Waals surface area contributed by atoms with Crippen LogP contribution in [0.1, 0.15) is 30.1 Å². The summed E-state index contributed by atoms with van der Waals surface area (Å²) in [7, 11) is 1.63. The first kappa shape index (κ1) is 18.5. The lowest BCUT2D eigenvalue weighted by atomic mass is 9.95. The normalized spacial score (nSPS) is 11.6. The van der Waals surface area contributed by atoms with E-state index in [-0.39, 0.29) is 24.7 Å². The van der Waals surface area contributed by atoms with E-state index in [2.05, 4.69) is 4.37 Å². The average molecular weight is 375 g/mol. The minimum atomic E-state index is -0.402. The molecule has 0 atom stereocenters. The largest absolute Gasteiger partial charge is 0.396 e. The van der Waals surface area contributed by atoms with Crippen molar-refractivity contribution in [1.82, 2.24) is 13.5 Å². The monoisotopic (exact) mass is 375 g/mol. The maximum atomic E-state index is 12.6. The lowest BCUT2D eigenvalue weighted by Gasteiger charge is -2.13. The van der Waals surface area contributed by atoms with Crippen LogP contribution in [0.2, 0.25) is 0 Å². The maximum absolute atomic E-state index is 12.6. The zero-order chi connectivity index (χ0) is 18.8. The Bertz CT molecular complexity index is 1040. The van der Waals surface area contributed by atoms with Gasteiger partial charge in [-0.25, -0.2) is 9.36 Å². The summed E-state index contributed by atoms with van der Waals surface area (Å²) in [6.45, 7) is 1.72. The molecule has 0 aliphatic carbocycles. The lowest BCUT2D eigenvalue weighted by Crippen LogP contribution is -2.38. The Morgan fingerprint density at radius 2 is 1.85 bits per heavy atom. The first-order valence-electron chi connectivity index (χ1n) is 8.39. The van der Waals surface area contributed by atoms with Crippen molar-refractivity contribution in [3.8, 4) is 5.69 Å². The van der Waals surface area contributed by atoms with Crippen LogP contribution in [-0.4, -0.2) is 36.9 Å². The second-order valence-electron chi connectivity index (χ2n) is 6.27. The standard InChI is InChI=1S/C18H21N3O4S/c1-11-9-16(24)21(18(25)20(11)2)13-3-4-15-14(10-13)17(19-26-15)12(5-7-22)6-8-23/h3-4,9-10,12,22-23H,5-8H2,1-2H3. The van der Waals surface area contributed by atoms with Gasteiger partial charge in [0.25, 0.3) is 5.56 Å². The van der Waals surface area contributed by atoms with Crippen molar-refractivity contribution < 1.29 is 10.2 Å². The van der Waals surface area contributed by atoms with E-state index < -0.39 is 5.69 Å². The molecule has 2 N–H and O–H groups in total. The van der Waals surface area contributed by atoms with Gasteiger partial charge < -0.3 is 14.8 Å². The van der Waals surface area contributed by atoms with Crippen LogP contribution in [0.25, 0.3) is 15.8 Å². The first-order valence-corrected chi connectivity index (χ1v) is 9.16. The zero-order valence-electron chi connectivity index (χ0n) is 14.7. The van der Waals surface area contributed by atoms with Crippen LogP contribution in [0.5, 0.6) is 0 Å².